The third-order valence-corrected chi connectivity index (χ3v) is 3.27. The zero-order valence-corrected chi connectivity index (χ0v) is 12.4. The van der Waals surface area contributed by atoms with E-state index in [2.05, 4.69) is 24.1 Å². The molecule has 2 heterocycles. The topological polar surface area (TPSA) is 56.5 Å². The minimum Gasteiger partial charge on any atom is -0.486 e. The summed E-state index contributed by atoms with van der Waals surface area (Å²) in [6, 6.07) is 6.28. The van der Waals surface area contributed by atoms with Gasteiger partial charge in [0, 0.05) is 24.6 Å². The number of aromatic nitrogens is 1. The highest BCUT2D eigenvalue weighted by Gasteiger charge is 2.14. The van der Waals surface area contributed by atoms with Gasteiger partial charge >= 0.3 is 0 Å². The Morgan fingerprint density at radius 3 is 2.81 bits per heavy atom. The highest BCUT2D eigenvalue weighted by atomic mass is 16.6. The molecule has 0 atom stereocenters. The lowest BCUT2D eigenvalue weighted by Crippen LogP contribution is -2.24. The molecule has 5 heteroatoms. The van der Waals surface area contributed by atoms with E-state index in [1.165, 1.54) is 0 Å². The fraction of sp³-hybridized carbons (Fsp3) is 0.438. The second kappa shape index (κ2) is 6.18. The average molecular weight is 288 g/mol. The molecule has 0 aliphatic carbocycles. The molecule has 0 saturated carbocycles. The first-order chi connectivity index (χ1) is 10.2. The van der Waals surface area contributed by atoms with Gasteiger partial charge in [0.1, 0.15) is 13.2 Å². The Morgan fingerprint density at radius 1 is 1.19 bits per heavy atom. The number of hydrogen-bond donors (Lipinski definition) is 1. The fourth-order valence-electron chi connectivity index (χ4n) is 2.22. The molecular weight excluding hydrogens is 268 g/mol. The Kier molecular flexibility index (Phi) is 4.10. The van der Waals surface area contributed by atoms with Gasteiger partial charge in [0.25, 0.3) is 0 Å². The Hall–Kier alpha value is -2.01. The number of benzene rings is 1. The number of hydrogen-bond acceptors (Lipinski definition) is 5. The zero-order valence-electron chi connectivity index (χ0n) is 12.4. The van der Waals surface area contributed by atoms with E-state index in [1.807, 2.05) is 18.2 Å². The van der Waals surface area contributed by atoms with Crippen molar-refractivity contribution in [2.45, 2.75) is 26.3 Å². The molecule has 1 aromatic heterocycles. The lowest BCUT2D eigenvalue weighted by atomic mass is 10.1. The summed E-state index contributed by atoms with van der Waals surface area (Å²) >= 11 is 0. The van der Waals surface area contributed by atoms with Gasteiger partial charge in [-0.3, -0.25) is 0 Å². The molecule has 21 heavy (non-hydrogen) atoms. The van der Waals surface area contributed by atoms with Crippen LogP contribution in [0.25, 0.3) is 11.3 Å². The second-order valence-electron chi connectivity index (χ2n) is 5.34. The summed E-state index contributed by atoms with van der Waals surface area (Å²) < 4.78 is 16.9. The van der Waals surface area contributed by atoms with Crippen LogP contribution in [0.2, 0.25) is 0 Å². The molecule has 2 aromatic rings. The highest BCUT2D eigenvalue weighted by molar-refractivity contribution is 5.62. The number of nitrogens with zero attached hydrogens (tertiary/aromatic N) is 1. The smallest absolute Gasteiger partial charge is 0.196 e. The number of ether oxygens (including phenoxy) is 2. The van der Waals surface area contributed by atoms with E-state index in [-0.39, 0.29) is 0 Å². The maximum absolute atomic E-state index is 5.80. The Morgan fingerprint density at radius 2 is 2.00 bits per heavy atom. The number of rotatable bonds is 5. The van der Waals surface area contributed by atoms with Gasteiger partial charge in [0.15, 0.2) is 23.1 Å². The van der Waals surface area contributed by atoms with Gasteiger partial charge < -0.3 is 19.2 Å². The van der Waals surface area contributed by atoms with Crippen LogP contribution in [0.1, 0.15) is 19.7 Å². The molecule has 3 rings (SSSR count). The van der Waals surface area contributed by atoms with E-state index in [0.717, 1.165) is 41.7 Å². The molecule has 1 aromatic carbocycles. The monoisotopic (exact) mass is 288 g/mol. The Labute approximate surface area is 124 Å². The largest absolute Gasteiger partial charge is 0.486 e. The molecule has 1 aliphatic heterocycles. The van der Waals surface area contributed by atoms with Crippen molar-refractivity contribution in [3.63, 3.8) is 0 Å². The molecule has 0 saturated heterocycles. The van der Waals surface area contributed by atoms with Crippen LogP contribution in [-0.2, 0) is 6.42 Å². The maximum Gasteiger partial charge on any atom is 0.196 e. The Bertz CT molecular complexity index is 607. The van der Waals surface area contributed by atoms with Crippen molar-refractivity contribution in [3.8, 4) is 22.8 Å². The van der Waals surface area contributed by atoms with Crippen molar-refractivity contribution in [1.29, 1.82) is 0 Å². The lowest BCUT2D eigenvalue weighted by molar-refractivity contribution is 0.171. The van der Waals surface area contributed by atoms with Gasteiger partial charge in [0.2, 0.25) is 0 Å². The summed E-state index contributed by atoms with van der Waals surface area (Å²) in [5.74, 6) is 3.05. The summed E-state index contributed by atoms with van der Waals surface area (Å²) in [5, 5.41) is 3.35. The minimum absolute atomic E-state index is 0.470. The summed E-state index contributed by atoms with van der Waals surface area (Å²) in [7, 11) is 0. The third kappa shape index (κ3) is 3.36. The normalized spacial score (nSPS) is 13.7. The Balaban J connectivity index is 1.71. The number of fused-ring (bicyclic) bond motifs is 1. The number of nitrogens with one attached hydrogen (secondary N) is 1. The standard InChI is InChI=1S/C16H20N2O3/c1-11(2)17-6-5-16-18-10-15(21-16)12-3-4-13-14(9-12)20-8-7-19-13/h3-4,9-11,17H,5-8H2,1-2H3. The van der Waals surface area contributed by atoms with E-state index >= 15 is 0 Å². The molecule has 112 valence electrons. The van der Waals surface area contributed by atoms with Gasteiger partial charge in [-0.2, -0.15) is 0 Å². The van der Waals surface area contributed by atoms with Crippen molar-refractivity contribution in [2.24, 2.45) is 0 Å². The number of oxazole rings is 1. The van der Waals surface area contributed by atoms with Gasteiger partial charge in [-0.1, -0.05) is 13.8 Å². The van der Waals surface area contributed by atoms with Gasteiger partial charge in [-0.15, -0.1) is 0 Å². The van der Waals surface area contributed by atoms with E-state index in [9.17, 15) is 0 Å². The summed E-state index contributed by atoms with van der Waals surface area (Å²) in [5.41, 5.74) is 0.954. The van der Waals surface area contributed by atoms with E-state index in [1.54, 1.807) is 6.20 Å². The highest BCUT2D eigenvalue weighted by Crippen LogP contribution is 2.34. The molecule has 0 bridgehead atoms. The summed E-state index contributed by atoms with van der Waals surface area (Å²) in [4.78, 5) is 4.32. The van der Waals surface area contributed by atoms with Crippen molar-refractivity contribution >= 4 is 0 Å². The predicted molar refractivity (Wildman–Crippen MR) is 79.8 cm³/mol. The summed E-state index contributed by atoms with van der Waals surface area (Å²) in [6.45, 7) is 6.28. The molecule has 0 spiro atoms. The van der Waals surface area contributed by atoms with Crippen molar-refractivity contribution in [1.82, 2.24) is 10.3 Å². The van der Waals surface area contributed by atoms with Crippen LogP contribution in [0.5, 0.6) is 11.5 Å². The average Bonchev–Trinajstić information content (AvgIpc) is 2.95. The van der Waals surface area contributed by atoms with Crippen LogP contribution in [0, 0.1) is 0 Å². The quantitative estimate of drug-likeness (QED) is 0.916. The SMILES string of the molecule is CC(C)NCCc1ncc(-c2ccc3c(c2)OCCO3)o1. The first-order valence-corrected chi connectivity index (χ1v) is 7.30. The molecule has 1 aliphatic rings. The van der Waals surface area contributed by atoms with Gasteiger partial charge in [-0.05, 0) is 18.2 Å². The minimum atomic E-state index is 0.470. The van der Waals surface area contributed by atoms with Crippen molar-refractivity contribution in [3.05, 3.63) is 30.3 Å². The van der Waals surface area contributed by atoms with Crippen LogP contribution in [0.3, 0.4) is 0 Å². The second-order valence-corrected chi connectivity index (χ2v) is 5.34. The van der Waals surface area contributed by atoms with Crippen LogP contribution < -0.4 is 14.8 Å². The van der Waals surface area contributed by atoms with E-state index in [4.69, 9.17) is 13.9 Å². The van der Waals surface area contributed by atoms with Crippen LogP contribution in [0.4, 0.5) is 0 Å². The van der Waals surface area contributed by atoms with Crippen molar-refractivity contribution in [2.75, 3.05) is 19.8 Å². The van der Waals surface area contributed by atoms with E-state index < -0.39 is 0 Å². The molecular formula is C16H20N2O3. The van der Waals surface area contributed by atoms with Gasteiger partial charge in [-0.25, -0.2) is 4.98 Å². The fourth-order valence-corrected chi connectivity index (χ4v) is 2.22. The molecule has 0 fully saturated rings. The van der Waals surface area contributed by atoms with Crippen LogP contribution in [0.15, 0.2) is 28.8 Å². The van der Waals surface area contributed by atoms with Crippen LogP contribution >= 0.6 is 0 Å². The molecule has 0 radical (unpaired) electrons. The van der Waals surface area contributed by atoms with Gasteiger partial charge in [0.05, 0.1) is 6.20 Å². The summed E-state index contributed by atoms with van der Waals surface area (Å²) in [6.07, 6.45) is 2.54. The zero-order chi connectivity index (χ0) is 14.7. The molecule has 0 amide bonds. The molecule has 5 nitrogen and oxygen atoms in total. The maximum atomic E-state index is 5.80. The first kappa shape index (κ1) is 13.9. The van der Waals surface area contributed by atoms with Crippen LogP contribution in [-0.4, -0.2) is 30.8 Å². The third-order valence-electron chi connectivity index (χ3n) is 3.27. The molecule has 1 N–H and O–H groups in total. The predicted octanol–water partition coefficient (Wildman–Crippen LogP) is 2.65. The van der Waals surface area contributed by atoms with Crippen molar-refractivity contribution < 1.29 is 13.9 Å². The first-order valence-electron chi connectivity index (χ1n) is 7.30. The van der Waals surface area contributed by atoms with E-state index in [0.29, 0.717) is 19.3 Å². The molecule has 0 unspecified atom stereocenters. The lowest BCUT2D eigenvalue weighted by Gasteiger charge is -2.18.